The van der Waals surface area contributed by atoms with Crippen molar-refractivity contribution < 1.29 is 38.1 Å². The molecule has 346 valence electrons. The van der Waals surface area contributed by atoms with Gasteiger partial charge in [-0.15, -0.1) is 0 Å². The van der Waals surface area contributed by atoms with Gasteiger partial charge in [-0.05, 0) is 131 Å². The Balaban J connectivity index is 1.30. The van der Waals surface area contributed by atoms with Crippen molar-refractivity contribution in [3.05, 3.63) is 217 Å². The van der Waals surface area contributed by atoms with Crippen LogP contribution in [-0.4, -0.2) is 50.3 Å². The Morgan fingerprint density at radius 1 is 0.382 bits per heavy atom. The van der Waals surface area contributed by atoms with Gasteiger partial charge in [0.15, 0.2) is 0 Å². The van der Waals surface area contributed by atoms with Gasteiger partial charge in [-0.25, -0.2) is 19.2 Å². The molecule has 0 saturated heterocycles. The van der Waals surface area contributed by atoms with Gasteiger partial charge in [0.25, 0.3) is 0 Å². The molecule has 6 aromatic carbocycles. The second-order valence-electron chi connectivity index (χ2n) is 15.8. The Morgan fingerprint density at radius 2 is 0.618 bits per heavy atom. The van der Waals surface area contributed by atoms with E-state index in [1.54, 1.807) is 0 Å². The average molecular weight is 909 g/mol. The van der Waals surface area contributed by atoms with Gasteiger partial charge in [0, 0.05) is 84.1 Å². The molecule has 0 aromatic heterocycles. The second kappa shape index (κ2) is 24.3. The fourth-order valence-corrected chi connectivity index (χ4v) is 7.59. The summed E-state index contributed by atoms with van der Waals surface area (Å²) in [5.74, 6) is -1.79. The summed E-state index contributed by atoms with van der Waals surface area (Å²) in [6.45, 7) is 19.1. The van der Waals surface area contributed by atoms with Crippen molar-refractivity contribution in [1.29, 1.82) is 0 Å². The SMILES string of the molecule is C=CC(=O)OCCc1ccc(N(c2ccc(CCOC(=O)C=C)cc2)c2ccc(-c3ccc(N(c4ccc(CCOC(=O)C=C)cc4)c4ccc(CCOC(=O)C=C)cc4)c(C)c3)cc2C)cc1. The molecule has 0 bridgehead atoms. The van der Waals surface area contributed by atoms with Crippen molar-refractivity contribution in [2.24, 2.45) is 0 Å². The van der Waals surface area contributed by atoms with Gasteiger partial charge in [-0.1, -0.05) is 87.0 Å². The number of esters is 4. The normalized spacial score (nSPS) is 10.6. The Labute approximate surface area is 399 Å². The van der Waals surface area contributed by atoms with Crippen LogP contribution in [0.25, 0.3) is 11.1 Å². The molecular formula is C58H56N2O8. The molecule has 0 spiro atoms. The molecule has 0 aliphatic carbocycles. The summed E-state index contributed by atoms with van der Waals surface area (Å²) < 4.78 is 20.9. The Morgan fingerprint density at radius 3 is 0.824 bits per heavy atom. The zero-order valence-corrected chi connectivity index (χ0v) is 38.7. The fraction of sp³-hybridized carbons (Fsp3) is 0.172. The van der Waals surface area contributed by atoms with Gasteiger partial charge >= 0.3 is 23.9 Å². The number of hydrogen-bond donors (Lipinski definition) is 0. The Bertz CT molecular complexity index is 2410. The number of carbonyl (C=O) groups excluding carboxylic acids is 4. The summed E-state index contributed by atoms with van der Waals surface area (Å²) in [6.07, 6.45) is 6.93. The summed E-state index contributed by atoms with van der Waals surface area (Å²) in [5.41, 5.74) is 14.2. The monoisotopic (exact) mass is 908 g/mol. The number of anilines is 6. The number of aryl methyl sites for hydroxylation is 2. The molecule has 0 saturated carbocycles. The molecular weight excluding hydrogens is 853 g/mol. The van der Waals surface area contributed by atoms with Crippen molar-refractivity contribution >= 4 is 58.0 Å². The van der Waals surface area contributed by atoms with Crippen LogP contribution in [0, 0.1) is 13.8 Å². The smallest absolute Gasteiger partial charge is 0.330 e. The summed E-state index contributed by atoms with van der Waals surface area (Å²) in [6, 6.07) is 45.8. The molecule has 10 heteroatoms. The molecule has 0 N–H and O–H groups in total. The predicted molar refractivity (Wildman–Crippen MR) is 270 cm³/mol. The van der Waals surface area contributed by atoms with E-state index in [0.29, 0.717) is 25.7 Å². The molecule has 0 unspecified atom stereocenters. The van der Waals surface area contributed by atoms with E-state index in [0.717, 1.165) is 103 Å². The van der Waals surface area contributed by atoms with Crippen molar-refractivity contribution in [3.8, 4) is 11.1 Å². The van der Waals surface area contributed by atoms with E-state index in [4.69, 9.17) is 18.9 Å². The van der Waals surface area contributed by atoms with E-state index in [9.17, 15) is 19.2 Å². The number of hydrogen-bond acceptors (Lipinski definition) is 10. The molecule has 0 aliphatic heterocycles. The van der Waals surface area contributed by atoms with Crippen molar-refractivity contribution in [1.82, 2.24) is 0 Å². The van der Waals surface area contributed by atoms with Crippen LogP contribution in [0.4, 0.5) is 34.1 Å². The van der Waals surface area contributed by atoms with Gasteiger partial charge in [0.05, 0.1) is 26.4 Å². The standard InChI is InChI=1S/C58H56N2O8/c1-7-55(61)65-35-31-43-11-21-49(22-12-43)59(50-23-13-44(14-24-50)32-36-66-56(62)8-2)53-29-19-47(39-41(53)5)48-20-30-54(42(6)40-48)60(51-25-15-45(16-26-51)33-37-67-57(63)9-3)52-27-17-46(18-28-52)34-38-68-58(64)10-4/h7-30,39-40H,1-4,31-38H2,5-6H3. The fourth-order valence-electron chi connectivity index (χ4n) is 7.59. The van der Waals surface area contributed by atoms with Gasteiger partial charge in [0.2, 0.25) is 0 Å². The first-order valence-corrected chi connectivity index (χ1v) is 22.3. The topological polar surface area (TPSA) is 112 Å². The van der Waals surface area contributed by atoms with E-state index in [2.05, 4.69) is 135 Å². The maximum atomic E-state index is 11.6. The van der Waals surface area contributed by atoms with E-state index in [-0.39, 0.29) is 26.4 Å². The van der Waals surface area contributed by atoms with E-state index >= 15 is 0 Å². The van der Waals surface area contributed by atoms with Gasteiger partial charge in [0.1, 0.15) is 0 Å². The summed E-state index contributed by atoms with van der Waals surface area (Å²) in [5, 5.41) is 0. The van der Waals surface area contributed by atoms with Crippen molar-refractivity contribution in [2.45, 2.75) is 39.5 Å². The maximum Gasteiger partial charge on any atom is 0.330 e. The van der Waals surface area contributed by atoms with Crippen LogP contribution >= 0.6 is 0 Å². The van der Waals surface area contributed by atoms with Crippen molar-refractivity contribution in [2.75, 3.05) is 36.2 Å². The first kappa shape index (κ1) is 49.2. The molecule has 0 aliphatic rings. The van der Waals surface area contributed by atoms with Crippen molar-refractivity contribution in [3.63, 3.8) is 0 Å². The molecule has 10 nitrogen and oxygen atoms in total. The van der Waals surface area contributed by atoms with Crippen LogP contribution in [0.15, 0.2) is 184 Å². The van der Waals surface area contributed by atoms with E-state index in [1.165, 1.54) is 0 Å². The zero-order valence-electron chi connectivity index (χ0n) is 38.7. The number of carbonyl (C=O) groups is 4. The molecule has 0 heterocycles. The van der Waals surface area contributed by atoms with Gasteiger partial charge in [-0.2, -0.15) is 0 Å². The highest BCUT2D eigenvalue weighted by molar-refractivity contribution is 5.85. The first-order chi connectivity index (χ1) is 33.0. The molecule has 0 amide bonds. The summed E-state index contributed by atoms with van der Waals surface area (Å²) in [7, 11) is 0. The number of ether oxygens (including phenoxy) is 4. The largest absolute Gasteiger partial charge is 0.462 e. The van der Waals surface area contributed by atoms with Gasteiger partial charge in [-0.3, -0.25) is 0 Å². The highest BCUT2D eigenvalue weighted by atomic mass is 16.5. The number of rotatable bonds is 23. The molecule has 6 aromatic rings. The van der Waals surface area contributed by atoms with Crippen LogP contribution in [0.5, 0.6) is 0 Å². The minimum atomic E-state index is -0.447. The van der Waals surface area contributed by atoms with Crippen LogP contribution in [0.2, 0.25) is 0 Å². The lowest BCUT2D eigenvalue weighted by Gasteiger charge is -2.28. The Hall–Kier alpha value is -8.24. The second-order valence-corrected chi connectivity index (χ2v) is 15.8. The zero-order chi connectivity index (χ0) is 48.4. The predicted octanol–water partition coefficient (Wildman–Crippen LogP) is 12.0. The molecule has 0 radical (unpaired) electrons. The van der Waals surface area contributed by atoms with E-state index in [1.807, 2.05) is 48.5 Å². The number of nitrogens with zero attached hydrogens (tertiary/aromatic N) is 2. The third-order valence-electron chi connectivity index (χ3n) is 11.2. The highest BCUT2D eigenvalue weighted by Gasteiger charge is 2.19. The summed E-state index contributed by atoms with van der Waals surface area (Å²) >= 11 is 0. The highest BCUT2D eigenvalue weighted by Crippen LogP contribution is 2.41. The lowest BCUT2D eigenvalue weighted by atomic mass is 9.98. The van der Waals surface area contributed by atoms with Crippen LogP contribution in [0.1, 0.15) is 33.4 Å². The van der Waals surface area contributed by atoms with Crippen LogP contribution < -0.4 is 9.80 Å². The third-order valence-corrected chi connectivity index (χ3v) is 11.2. The molecule has 68 heavy (non-hydrogen) atoms. The molecule has 0 atom stereocenters. The van der Waals surface area contributed by atoms with Crippen LogP contribution in [-0.2, 0) is 63.8 Å². The van der Waals surface area contributed by atoms with Crippen LogP contribution in [0.3, 0.4) is 0 Å². The van der Waals surface area contributed by atoms with Gasteiger partial charge < -0.3 is 28.7 Å². The number of benzene rings is 6. The molecule has 0 fully saturated rings. The molecule has 6 rings (SSSR count). The Kier molecular flexibility index (Phi) is 17.6. The lowest BCUT2D eigenvalue weighted by molar-refractivity contribution is -0.138. The van der Waals surface area contributed by atoms with E-state index < -0.39 is 23.9 Å². The minimum Gasteiger partial charge on any atom is -0.462 e. The minimum absolute atomic E-state index is 0.257. The lowest BCUT2D eigenvalue weighted by Crippen LogP contribution is -2.12. The third kappa shape index (κ3) is 13.4. The maximum absolute atomic E-state index is 11.6. The summed E-state index contributed by atoms with van der Waals surface area (Å²) in [4.78, 5) is 50.9. The first-order valence-electron chi connectivity index (χ1n) is 22.3. The average Bonchev–Trinajstić information content (AvgIpc) is 3.36. The quantitative estimate of drug-likeness (QED) is 0.0350.